The fourth-order valence-corrected chi connectivity index (χ4v) is 4.68. The standard InChI is InChI=1S/C25H25N3O4S/c1-13-10-17(15(3)27-19-9-7-6-8-16(19)24(30)31)23-18(11-13)21(29)14(2)22(32-23)20-12-26-25(33-20)28(4)5/h6-12,15,27H,1-5H3,(H,30,31). The minimum absolute atomic E-state index is 0.0888. The van der Waals surface area contributed by atoms with Crippen LogP contribution in [0.25, 0.3) is 21.6 Å². The van der Waals surface area contributed by atoms with Gasteiger partial charge in [-0.2, -0.15) is 0 Å². The summed E-state index contributed by atoms with van der Waals surface area (Å²) in [5.74, 6) is -0.507. The van der Waals surface area contributed by atoms with Crippen molar-refractivity contribution in [3.05, 3.63) is 75.1 Å². The summed E-state index contributed by atoms with van der Waals surface area (Å²) < 4.78 is 6.37. The molecule has 0 radical (unpaired) electrons. The maximum atomic E-state index is 13.3. The molecule has 2 aromatic carbocycles. The third kappa shape index (κ3) is 4.21. The number of hydrogen-bond donors (Lipinski definition) is 2. The summed E-state index contributed by atoms with van der Waals surface area (Å²) in [7, 11) is 3.82. The fourth-order valence-electron chi connectivity index (χ4n) is 3.81. The van der Waals surface area contributed by atoms with Crippen LogP contribution in [0, 0.1) is 13.8 Å². The monoisotopic (exact) mass is 463 g/mol. The molecule has 0 bridgehead atoms. The van der Waals surface area contributed by atoms with Crippen LogP contribution in [-0.4, -0.2) is 30.2 Å². The summed E-state index contributed by atoms with van der Waals surface area (Å²) in [4.78, 5) is 32.0. The first kappa shape index (κ1) is 22.5. The van der Waals surface area contributed by atoms with Gasteiger partial charge in [0.25, 0.3) is 0 Å². The van der Waals surface area contributed by atoms with E-state index in [0.29, 0.717) is 28.0 Å². The van der Waals surface area contributed by atoms with E-state index < -0.39 is 5.97 Å². The average Bonchev–Trinajstić information content (AvgIpc) is 3.26. The molecule has 0 amide bonds. The zero-order valence-corrected chi connectivity index (χ0v) is 19.9. The Morgan fingerprint density at radius 3 is 2.61 bits per heavy atom. The Morgan fingerprint density at radius 1 is 1.21 bits per heavy atom. The molecule has 4 rings (SSSR count). The molecule has 7 nitrogen and oxygen atoms in total. The van der Waals surface area contributed by atoms with Gasteiger partial charge in [-0.3, -0.25) is 4.79 Å². The highest BCUT2D eigenvalue weighted by molar-refractivity contribution is 7.18. The third-order valence-corrected chi connectivity index (χ3v) is 6.65. The van der Waals surface area contributed by atoms with Crippen LogP contribution in [0.2, 0.25) is 0 Å². The van der Waals surface area contributed by atoms with Crippen LogP contribution in [0.4, 0.5) is 10.8 Å². The second-order valence-corrected chi connectivity index (χ2v) is 9.24. The van der Waals surface area contributed by atoms with Gasteiger partial charge in [0.15, 0.2) is 16.3 Å². The Kier molecular flexibility index (Phi) is 5.95. The van der Waals surface area contributed by atoms with Gasteiger partial charge >= 0.3 is 5.97 Å². The summed E-state index contributed by atoms with van der Waals surface area (Å²) in [6.07, 6.45) is 1.72. The van der Waals surface area contributed by atoms with Crippen molar-refractivity contribution >= 4 is 39.1 Å². The molecule has 0 saturated carbocycles. The molecule has 0 fully saturated rings. The molecule has 0 aliphatic carbocycles. The quantitative estimate of drug-likeness (QED) is 0.391. The highest BCUT2D eigenvalue weighted by Crippen LogP contribution is 2.36. The van der Waals surface area contributed by atoms with Crippen LogP contribution in [0.1, 0.15) is 40.0 Å². The van der Waals surface area contributed by atoms with E-state index in [2.05, 4.69) is 10.3 Å². The fraction of sp³-hybridized carbons (Fsp3) is 0.240. The number of carboxylic acid groups (broad SMARTS) is 1. The summed E-state index contributed by atoms with van der Waals surface area (Å²) in [6.45, 7) is 5.61. The van der Waals surface area contributed by atoms with Gasteiger partial charge in [0.2, 0.25) is 0 Å². The molecule has 2 aromatic heterocycles. The Hall–Kier alpha value is -3.65. The molecule has 0 aliphatic heterocycles. The van der Waals surface area contributed by atoms with E-state index in [-0.39, 0.29) is 17.0 Å². The molecule has 0 saturated heterocycles. The first-order chi connectivity index (χ1) is 15.7. The van der Waals surface area contributed by atoms with Gasteiger partial charge in [0, 0.05) is 30.9 Å². The van der Waals surface area contributed by atoms with Crippen LogP contribution < -0.4 is 15.6 Å². The Balaban J connectivity index is 1.87. The van der Waals surface area contributed by atoms with Crippen molar-refractivity contribution in [3.8, 4) is 10.6 Å². The van der Waals surface area contributed by atoms with Crippen LogP contribution in [0.5, 0.6) is 0 Å². The number of carboxylic acids is 1. The number of aromatic carboxylic acids is 1. The lowest BCUT2D eigenvalue weighted by molar-refractivity contribution is 0.0698. The van der Waals surface area contributed by atoms with Crippen LogP contribution in [0.3, 0.4) is 0 Å². The van der Waals surface area contributed by atoms with Crippen molar-refractivity contribution in [3.63, 3.8) is 0 Å². The second kappa shape index (κ2) is 8.71. The minimum atomic E-state index is -1.01. The van der Waals surface area contributed by atoms with Gasteiger partial charge in [-0.05, 0) is 44.5 Å². The number of benzene rings is 2. The number of thiazole rings is 1. The SMILES string of the molecule is Cc1cc(C(C)Nc2ccccc2C(=O)O)c2oc(-c3cnc(N(C)C)s3)c(C)c(=O)c2c1. The molecule has 0 spiro atoms. The van der Waals surface area contributed by atoms with Crippen molar-refractivity contribution in [1.82, 2.24) is 4.98 Å². The van der Waals surface area contributed by atoms with Gasteiger partial charge < -0.3 is 19.7 Å². The van der Waals surface area contributed by atoms with Gasteiger partial charge in [0.05, 0.1) is 28.1 Å². The summed E-state index contributed by atoms with van der Waals surface area (Å²) in [6, 6.07) is 10.2. The lowest BCUT2D eigenvalue weighted by atomic mass is 9.99. The Bertz CT molecular complexity index is 1420. The third-order valence-electron chi connectivity index (χ3n) is 5.49. The number of anilines is 2. The second-order valence-electron chi connectivity index (χ2n) is 8.23. The Morgan fingerprint density at radius 2 is 1.94 bits per heavy atom. The number of rotatable bonds is 6. The minimum Gasteiger partial charge on any atom is -0.478 e. The van der Waals surface area contributed by atoms with Crippen molar-refractivity contribution in [2.24, 2.45) is 0 Å². The molecule has 1 unspecified atom stereocenters. The lowest BCUT2D eigenvalue weighted by Gasteiger charge is -2.19. The molecule has 170 valence electrons. The first-order valence-corrected chi connectivity index (χ1v) is 11.3. The van der Waals surface area contributed by atoms with Crippen molar-refractivity contribution in [2.45, 2.75) is 26.8 Å². The molecule has 8 heteroatoms. The van der Waals surface area contributed by atoms with Crippen LogP contribution >= 0.6 is 11.3 Å². The smallest absolute Gasteiger partial charge is 0.337 e. The number of nitrogens with zero attached hydrogens (tertiary/aromatic N) is 2. The molecule has 4 aromatic rings. The molecule has 33 heavy (non-hydrogen) atoms. The van der Waals surface area contributed by atoms with Gasteiger partial charge in [-0.1, -0.05) is 29.5 Å². The molecular weight excluding hydrogens is 438 g/mol. The first-order valence-electron chi connectivity index (χ1n) is 10.5. The van der Waals surface area contributed by atoms with E-state index in [0.717, 1.165) is 21.1 Å². The topological polar surface area (TPSA) is 95.7 Å². The van der Waals surface area contributed by atoms with Crippen molar-refractivity contribution in [2.75, 3.05) is 24.3 Å². The number of nitrogens with one attached hydrogen (secondary N) is 1. The van der Waals surface area contributed by atoms with E-state index in [1.807, 2.05) is 45.0 Å². The van der Waals surface area contributed by atoms with E-state index in [1.165, 1.54) is 11.3 Å². The Labute approximate surface area is 195 Å². The number of carbonyl (C=O) groups is 1. The molecule has 1 atom stereocenters. The van der Waals surface area contributed by atoms with Gasteiger partial charge in [-0.15, -0.1) is 0 Å². The predicted molar refractivity (Wildman–Crippen MR) is 133 cm³/mol. The average molecular weight is 464 g/mol. The van der Waals surface area contributed by atoms with Crippen molar-refractivity contribution < 1.29 is 14.3 Å². The lowest BCUT2D eigenvalue weighted by Crippen LogP contribution is -2.13. The van der Waals surface area contributed by atoms with Gasteiger partial charge in [0.1, 0.15) is 5.58 Å². The highest BCUT2D eigenvalue weighted by atomic mass is 32.1. The number of hydrogen-bond acceptors (Lipinski definition) is 7. The summed E-state index contributed by atoms with van der Waals surface area (Å²) in [5.41, 5.74) is 3.31. The molecule has 2 heterocycles. The molecule has 0 aliphatic rings. The van der Waals surface area contributed by atoms with E-state index in [9.17, 15) is 14.7 Å². The zero-order chi connectivity index (χ0) is 23.9. The van der Waals surface area contributed by atoms with Gasteiger partial charge in [-0.25, -0.2) is 9.78 Å². The summed E-state index contributed by atoms with van der Waals surface area (Å²) >= 11 is 1.45. The maximum Gasteiger partial charge on any atom is 0.337 e. The zero-order valence-electron chi connectivity index (χ0n) is 19.1. The molecule has 2 N–H and O–H groups in total. The predicted octanol–water partition coefficient (Wildman–Crippen LogP) is 5.47. The van der Waals surface area contributed by atoms with E-state index >= 15 is 0 Å². The largest absolute Gasteiger partial charge is 0.478 e. The van der Waals surface area contributed by atoms with E-state index in [4.69, 9.17) is 4.42 Å². The highest BCUT2D eigenvalue weighted by Gasteiger charge is 2.21. The number of aromatic nitrogens is 1. The number of para-hydroxylation sites is 1. The number of fused-ring (bicyclic) bond motifs is 1. The molecular formula is C25H25N3O4S. The normalized spacial score (nSPS) is 12.0. The summed E-state index contributed by atoms with van der Waals surface area (Å²) in [5, 5.41) is 14.1. The van der Waals surface area contributed by atoms with E-state index in [1.54, 1.807) is 37.4 Å². The van der Waals surface area contributed by atoms with Crippen LogP contribution in [-0.2, 0) is 0 Å². The maximum absolute atomic E-state index is 13.3. The number of aryl methyl sites for hydroxylation is 1. The van der Waals surface area contributed by atoms with Crippen molar-refractivity contribution in [1.29, 1.82) is 0 Å². The van der Waals surface area contributed by atoms with Crippen LogP contribution in [0.15, 0.2) is 51.8 Å².